The first-order valence-corrected chi connectivity index (χ1v) is 8.57. The van der Waals surface area contributed by atoms with E-state index >= 15 is 0 Å². The number of nitrogens with zero attached hydrogens (tertiary/aromatic N) is 1. The molecule has 4 nitrogen and oxygen atoms in total. The third-order valence-corrected chi connectivity index (χ3v) is 4.84. The quantitative estimate of drug-likeness (QED) is 0.781. The number of aromatic nitrogens is 1. The Morgan fingerprint density at radius 3 is 2.67 bits per heavy atom. The molecular weight excluding hydrogens is 328 g/mol. The molecule has 0 spiro atoms. The van der Waals surface area contributed by atoms with Gasteiger partial charge < -0.3 is 5.32 Å². The van der Waals surface area contributed by atoms with E-state index < -0.39 is 0 Å². The lowest BCUT2D eigenvalue weighted by Crippen LogP contribution is -2.13. The number of carbonyl (C=O) groups is 2. The SMILES string of the molecule is CC(C)c1csc(NC(=O)CCC(=O)c2ccc(Cl)s2)n1. The van der Waals surface area contributed by atoms with Crippen LogP contribution < -0.4 is 5.32 Å². The first-order valence-electron chi connectivity index (χ1n) is 6.49. The largest absolute Gasteiger partial charge is 0.302 e. The van der Waals surface area contributed by atoms with Crippen LogP contribution in [0.2, 0.25) is 4.34 Å². The average molecular weight is 343 g/mol. The summed E-state index contributed by atoms with van der Waals surface area (Å²) in [4.78, 5) is 28.6. The van der Waals surface area contributed by atoms with Gasteiger partial charge in [0.1, 0.15) is 0 Å². The van der Waals surface area contributed by atoms with Crippen LogP contribution in [0.4, 0.5) is 5.13 Å². The fourth-order valence-corrected chi connectivity index (χ4v) is 3.50. The summed E-state index contributed by atoms with van der Waals surface area (Å²) in [5.74, 6) is 0.0665. The minimum atomic E-state index is -0.198. The molecule has 1 amide bonds. The van der Waals surface area contributed by atoms with Crippen LogP contribution in [0.1, 0.15) is 48.0 Å². The number of ketones is 1. The highest BCUT2D eigenvalue weighted by atomic mass is 35.5. The van der Waals surface area contributed by atoms with Gasteiger partial charge in [0.2, 0.25) is 5.91 Å². The van der Waals surface area contributed by atoms with Crippen molar-refractivity contribution in [2.24, 2.45) is 0 Å². The number of nitrogens with one attached hydrogen (secondary N) is 1. The van der Waals surface area contributed by atoms with Crippen molar-refractivity contribution in [3.05, 3.63) is 32.4 Å². The second-order valence-corrected chi connectivity index (χ2v) is 7.38. The number of thiazole rings is 1. The van der Waals surface area contributed by atoms with Gasteiger partial charge in [-0.15, -0.1) is 22.7 Å². The number of hydrogen-bond acceptors (Lipinski definition) is 5. The summed E-state index contributed by atoms with van der Waals surface area (Å²) in [5.41, 5.74) is 0.958. The minimum absolute atomic E-state index is 0.0657. The summed E-state index contributed by atoms with van der Waals surface area (Å²) in [5, 5.41) is 5.23. The standard InChI is InChI=1S/C14H15ClN2O2S2/c1-8(2)9-7-20-14(16-9)17-13(19)6-3-10(18)11-4-5-12(15)21-11/h4-5,7-8H,3,6H2,1-2H3,(H,16,17,19). The van der Waals surface area contributed by atoms with Gasteiger partial charge in [0.25, 0.3) is 0 Å². The van der Waals surface area contributed by atoms with Crippen LogP contribution in [-0.2, 0) is 4.79 Å². The summed E-state index contributed by atoms with van der Waals surface area (Å²) in [6.45, 7) is 4.09. The van der Waals surface area contributed by atoms with Crippen LogP contribution in [0.15, 0.2) is 17.5 Å². The molecule has 2 aromatic rings. The van der Waals surface area contributed by atoms with E-state index in [4.69, 9.17) is 11.6 Å². The van der Waals surface area contributed by atoms with Gasteiger partial charge in [0.15, 0.2) is 10.9 Å². The molecule has 0 saturated carbocycles. The van der Waals surface area contributed by atoms with Crippen molar-refractivity contribution in [3.8, 4) is 0 Å². The lowest BCUT2D eigenvalue weighted by molar-refractivity contribution is -0.116. The van der Waals surface area contributed by atoms with Crippen LogP contribution in [0.25, 0.3) is 0 Å². The number of anilines is 1. The minimum Gasteiger partial charge on any atom is -0.302 e. The molecule has 112 valence electrons. The molecule has 0 fully saturated rings. The van der Waals surface area contributed by atoms with E-state index in [1.807, 2.05) is 19.2 Å². The topological polar surface area (TPSA) is 59.1 Å². The van der Waals surface area contributed by atoms with Gasteiger partial charge in [0.05, 0.1) is 14.9 Å². The molecule has 0 bridgehead atoms. The monoisotopic (exact) mass is 342 g/mol. The Hall–Kier alpha value is -1.24. The number of amides is 1. The molecule has 2 aromatic heterocycles. The van der Waals surface area contributed by atoms with Crippen molar-refractivity contribution in [1.82, 2.24) is 4.98 Å². The zero-order valence-electron chi connectivity index (χ0n) is 11.7. The van der Waals surface area contributed by atoms with Gasteiger partial charge in [-0.2, -0.15) is 0 Å². The number of hydrogen-bond donors (Lipinski definition) is 1. The molecule has 0 aromatic carbocycles. The van der Waals surface area contributed by atoms with E-state index in [0.29, 0.717) is 20.3 Å². The van der Waals surface area contributed by atoms with E-state index in [1.165, 1.54) is 22.7 Å². The van der Waals surface area contributed by atoms with Crippen LogP contribution in [-0.4, -0.2) is 16.7 Å². The second kappa shape index (κ2) is 7.15. The molecule has 2 rings (SSSR count). The average Bonchev–Trinajstić information content (AvgIpc) is 3.05. The highest BCUT2D eigenvalue weighted by Gasteiger charge is 2.13. The molecule has 1 N–H and O–H groups in total. The van der Waals surface area contributed by atoms with Crippen molar-refractivity contribution < 1.29 is 9.59 Å². The van der Waals surface area contributed by atoms with Gasteiger partial charge >= 0.3 is 0 Å². The Morgan fingerprint density at radius 2 is 2.10 bits per heavy atom. The Kier molecular flexibility index (Phi) is 5.50. The van der Waals surface area contributed by atoms with Gasteiger partial charge in [0, 0.05) is 18.2 Å². The maximum Gasteiger partial charge on any atom is 0.226 e. The number of Topliss-reactive ketones (excluding diaryl/α,β-unsaturated/α-hetero) is 1. The van der Waals surface area contributed by atoms with E-state index in [0.717, 1.165) is 5.69 Å². The van der Waals surface area contributed by atoms with Crippen molar-refractivity contribution in [2.45, 2.75) is 32.6 Å². The van der Waals surface area contributed by atoms with Crippen molar-refractivity contribution in [3.63, 3.8) is 0 Å². The van der Waals surface area contributed by atoms with Crippen LogP contribution in [0, 0.1) is 0 Å². The number of rotatable bonds is 6. The van der Waals surface area contributed by atoms with Crippen LogP contribution in [0.5, 0.6) is 0 Å². The summed E-state index contributed by atoms with van der Waals surface area (Å²) in [6, 6.07) is 3.37. The van der Waals surface area contributed by atoms with Crippen molar-refractivity contribution in [1.29, 1.82) is 0 Å². The van der Waals surface area contributed by atoms with E-state index in [2.05, 4.69) is 10.3 Å². The Bertz CT molecular complexity index is 649. The molecular formula is C14H15ClN2O2S2. The third-order valence-electron chi connectivity index (χ3n) is 2.79. The van der Waals surface area contributed by atoms with E-state index in [9.17, 15) is 9.59 Å². The zero-order valence-corrected chi connectivity index (χ0v) is 14.1. The predicted octanol–water partition coefficient (Wildman–Crippen LogP) is 4.58. The molecule has 0 saturated heterocycles. The Morgan fingerprint density at radius 1 is 1.33 bits per heavy atom. The fraction of sp³-hybridized carbons (Fsp3) is 0.357. The van der Waals surface area contributed by atoms with Gasteiger partial charge in [-0.05, 0) is 18.1 Å². The summed E-state index contributed by atoms with van der Waals surface area (Å²) in [7, 11) is 0. The Labute approximate surface area is 136 Å². The number of carbonyl (C=O) groups excluding carboxylic acids is 2. The highest BCUT2D eigenvalue weighted by Crippen LogP contribution is 2.24. The third kappa shape index (κ3) is 4.62. The van der Waals surface area contributed by atoms with Gasteiger partial charge in [-0.1, -0.05) is 25.4 Å². The molecule has 21 heavy (non-hydrogen) atoms. The number of halogens is 1. The molecule has 7 heteroatoms. The Balaban J connectivity index is 1.83. The summed E-state index contributed by atoms with van der Waals surface area (Å²) < 4.78 is 0.576. The van der Waals surface area contributed by atoms with E-state index in [1.54, 1.807) is 12.1 Å². The summed E-state index contributed by atoms with van der Waals surface area (Å²) in [6.07, 6.45) is 0.316. The number of thiophene rings is 1. The van der Waals surface area contributed by atoms with Crippen molar-refractivity contribution in [2.75, 3.05) is 5.32 Å². The molecule has 0 aliphatic heterocycles. The fourth-order valence-electron chi connectivity index (χ4n) is 1.60. The molecule has 0 aliphatic carbocycles. The van der Waals surface area contributed by atoms with Gasteiger partial charge in [-0.3, -0.25) is 9.59 Å². The molecule has 0 aliphatic rings. The first-order chi connectivity index (χ1) is 9.95. The van der Waals surface area contributed by atoms with Crippen LogP contribution >= 0.6 is 34.3 Å². The smallest absolute Gasteiger partial charge is 0.226 e. The molecule has 0 atom stereocenters. The first kappa shape index (κ1) is 16.1. The van der Waals surface area contributed by atoms with E-state index in [-0.39, 0.29) is 24.5 Å². The zero-order chi connectivity index (χ0) is 15.4. The second-order valence-electron chi connectivity index (χ2n) is 4.81. The van der Waals surface area contributed by atoms with Crippen molar-refractivity contribution >= 4 is 51.1 Å². The summed E-state index contributed by atoms with van der Waals surface area (Å²) >= 11 is 8.41. The maximum absolute atomic E-state index is 11.9. The molecule has 0 unspecified atom stereocenters. The maximum atomic E-state index is 11.9. The van der Waals surface area contributed by atoms with Gasteiger partial charge in [-0.25, -0.2) is 4.98 Å². The molecule has 0 radical (unpaired) electrons. The lowest BCUT2D eigenvalue weighted by Gasteiger charge is -2.01. The molecule has 2 heterocycles. The predicted molar refractivity (Wildman–Crippen MR) is 87.7 cm³/mol. The normalized spacial score (nSPS) is 10.9. The highest BCUT2D eigenvalue weighted by molar-refractivity contribution is 7.18. The van der Waals surface area contributed by atoms with Crippen LogP contribution in [0.3, 0.4) is 0 Å². The lowest BCUT2D eigenvalue weighted by atomic mass is 10.2.